The number of unbranched alkanes of at least 4 members (excludes halogenated alkanes) is 1. The summed E-state index contributed by atoms with van der Waals surface area (Å²) in [7, 11) is 1.78. The van der Waals surface area contributed by atoms with Gasteiger partial charge in [0.2, 0.25) is 0 Å². The summed E-state index contributed by atoms with van der Waals surface area (Å²) in [5.74, 6) is 2.95. The van der Waals surface area contributed by atoms with Crippen molar-refractivity contribution >= 4 is 41.7 Å². The number of aliphatic imine (C=N–C) groups is 1. The summed E-state index contributed by atoms with van der Waals surface area (Å²) in [6.07, 6.45) is 6.27. The molecule has 0 spiro atoms. The number of thioether (sulfide) groups is 1. The molecule has 0 aliphatic heterocycles. The van der Waals surface area contributed by atoms with Crippen LogP contribution in [0.4, 0.5) is 0 Å². The van der Waals surface area contributed by atoms with E-state index >= 15 is 0 Å². The van der Waals surface area contributed by atoms with Crippen LogP contribution in [0, 0.1) is 0 Å². The molecule has 0 fully saturated rings. The van der Waals surface area contributed by atoms with Gasteiger partial charge in [0, 0.05) is 20.1 Å². The molecule has 1 rings (SSSR count). The Labute approximate surface area is 142 Å². The van der Waals surface area contributed by atoms with Crippen LogP contribution in [0.1, 0.15) is 25.6 Å². The largest absolute Gasteiger partial charge is 0.356 e. The first kappa shape index (κ1) is 19.5. The van der Waals surface area contributed by atoms with Gasteiger partial charge in [0.1, 0.15) is 6.33 Å². The van der Waals surface area contributed by atoms with Gasteiger partial charge in [-0.3, -0.25) is 4.99 Å². The molecule has 1 aromatic heterocycles. The minimum atomic E-state index is 0. The molecule has 0 aliphatic carbocycles. The number of nitrogens with one attached hydrogen (secondary N) is 2. The van der Waals surface area contributed by atoms with E-state index in [1.807, 2.05) is 16.3 Å². The summed E-state index contributed by atoms with van der Waals surface area (Å²) < 4.78 is 2.01. The van der Waals surface area contributed by atoms with Crippen LogP contribution in [0.3, 0.4) is 0 Å². The molecule has 0 unspecified atom stereocenters. The maximum Gasteiger partial charge on any atom is 0.191 e. The van der Waals surface area contributed by atoms with Gasteiger partial charge in [-0.25, -0.2) is 0 Å². The van der Waals surface area contributed by atoms with Crippen LogP contribution < -0.4 is 10.6 Å². The Bertz CT molecular complexity index is 382. The smallest absolute Gasteiger partial charge is 0.191 e. The monoisotopic (exact) mass is 412 g/mol. The fourth-order valence-electron chi connectivity index (χ4n) is 1.64. The summed E-state index contributed by atoms with van der Waals surface area (Å²) >= 11 is 1.89. The first-order chi connectivity index (χ1) is 9.31. The summed E-state index contributed by atoms with van der Waals surface area (Å²) in [4.78, 5) is 4.19. The Hall–Kier alpha value is -0.510. The lowest BCUT2D eigenvalue weighted by atomic mass is 10.3. The van der Waals surface area contributed by atoms with Crippen LogP contribution in [0.5, 0.6) is 0 Å². The van der Waals surface area contributed by atoms with Crippen LogP contribution >= 0.6 is 35.7 Å². The fraction of sp³-hybridized carbons (Fsp3) is 0.750. The molecular formula is C12H25IN6S. The number of rotatable bonds is 8. The second-order valence-corrected chi connectivity index (χ2v) is 5.07. The molecule has 8 heteroatoms. The third-order valence-electron chi connectivity index (χ3n) is 2.74. The molecule has 20 heavy (non-hydrogen) atoms. The highest BCUT2D eigenvalue weighted by molar-refractivity contribution is 14.0. The van der Waals surface area contributed by atoms with E-state index in [2.05, 4.69) is 39.0 Å². The Morgan fingerprint density at radius 1 is 1.40 bits per heavy atom. The van der Waals surface area contributed by atoms with Gasteiger partial charge in [0.15, 0.2) is 11.8 Å². The van der Waals surface area contributed by atoms with E-state index in [0.717, 1.165) is 31.3 Å². The highest BCUT2D eigenvalue weighted by Gasteiger charge is 2.03. The molecule has 0 saturated carbocycles. The van der Waals surface area contributed by atoms with E-state index in [9.17, 15) is 0 Å². The van der Waals surface area contributed by atoms with Crippen molar-refractivity contribution in [3.63, 3.8) is 0 Å². The van der Waals surface area contributed by atoms with Crippen molar-refractivity contribution in [2.45, 2.75) is 32.9 Å². The average molecular weight is 412 g/mol. The lowest BCUT2D eigenvalue weighted by molar-refractivity contribution is 0.665. The summed E-state index contributed by atoms with van der Waals surface area (Å²) in [6.45, 7) is 4.54. The van der Waals surface area contributed by atoms with Gasteiger partial charge in [-0.1, -0.05) is 0 Å². The predicted molar refractivity (Wildman–Crippen MR) is 96.9 cm³/mol. The van der Waals surface area contributed by atoms with Crippen LogP contribution in [0.25, 0.3) is 0 Å². The van der Waals surface area contributed by atoms with Gasteiger partial charge in [0.25, 0.3) is 0 Å². The minimum absolute atomic E-state index is 0. The molecule has 1 aromatic rings. The number of guanidine groups is 1. The average Bonchev–Trinajstić information content (AvgIpc) is 2.89. The van der Waals surface area contributed by atoms with E-state index in [4.69, 9.17) is 0 Å². The van der Waals surface area contributed by atoms with Crippen molar-refractivity contribution in [2.75, 3.05) is 25.6 Å². The van der Waals surface area contributed by atoms with Crippen molar-refractivity contribution in [2.24, 2.45) is 4.99 Å². The van der Waals surface area contributed by atoms with Crippen molar-refractivity contribution < 1.29 is 0 Å². The number of hydrogen-bond donors (Lipinski definition) is 2. The molecule has 0 amide bonds. The van der Waals surface area contributed by atoms with E-state index in [0.29, 0.717) is 6.54 Å². The molecular weight excluding hydrogens is 387 g/mol. The van der Waals surface area contributed by atoms with Crippen molar-refractivity contribution in [3.8, 4) is 0 Å². The molecule has 0 atom stereocenters. The Balaban J connectivity index is 0.00000361. The zero-order chi connectivity index (χ0) is 13.9. The number of halogens is 1. The van der Waals surface area contributed by atoms with E-state index in [-0.39, 0.29) is 24.0 Å². The first-order valence-corrected chi connectivity index (χ1v) is 8.01. The van der Waals surface area contributed by atoms with Crippen molar-refractivity contribution in [1.29, 1.82) is 0 Å². The molecule has 116 valence electrons. The van der Waals surface area contributed by atoms with Gasteiger partial charge in [-0.15, -0.1) is 34.2 Å². The molecule has 0 aromatic carbocycles. The SMILES string of the molecule is CCn1cnnc1CNC(=NC)NCCCCSC.I. The molecule has 0 saturated heterocycles. The minimum Gasteiger partial charge on any atom is -0.356 e. The van der Waals surface area contributed by atoms with Gasteiger partial charge in [-0.05, 0) is 31.8 Å². The van der Waals surface area contributed by atoms with Gasteiger partial charge in [0.05, 0.1) is 6.54 Å². The number of hydrogen-bond acceptors (Lipinski definition) is 4. The number of aromatic nitrogens is 3. The van der Waals surface area contributed by atoms with E-state index in [1.165, 1.54) is 12.2 Å². The van der Waals surface area contributed by atoms with Gasteiger partial charge >= 0.3 is 0 Å². The van der Waals surface area contributed by atoms with Gasteiger partial charge < -0.3 is 15.2 Å². The summed E-state index contributed by atoms with van der Waals surface area (Å²) in [6, 6.07) is 0. The number of nitrogens with zero attached hydrogens (tertiary/aromatic N) is 4. The highest BCUT2D eigenvalue weighted by Crippen LogP contribution is 1.98. The molecule has 1 heterocycles. The maximum absolute atomic E-state index is 4.19. The van der Waals surface area contributed by atoms with Gasteiger partial charge in [-0.2, -0.15) is 11.8 Å². The summed E-state index contributed by atoms with van der Waals surface area (Å²) in [5, 5.41) is 14.5. The molecule has 0 radical (unpaired) electrons. The van der Waals surface area contributed by atoms with Crippen LogP contribution in [0.15, 0.2) is 11.3 Å². The first-order valence-electron chi connectivity index (χ1n) is 6.62. The molecule has 6 nitrogen and oxygen atoms in total. The number of aryl methyl sites for hydroxylation is 1. The zero-order valence-electron chi connectivity index (χ0n) is 12.4. The Kier molecular flexibility index (Phi) is 11.9. The summed E-state index contributed by atoms with van der Waals surface area (Å²) in [5.41, 5.74) is 0. The fourth-order valence-corrected chi connectivity index (χ4v) is 2.13. The van der Waals surface area contributed by atoms with E-state index < -0.39 is 0 Å². The normalized spacial score (nSPS) is 11.1. The Morgan fingerprint density at radius 3 is 2.85 bits per heavy atom. The van der Waals surface area contributed by atoms with Crippen LogP contribution in [0.2, 0.25) is 0 Å². The quantitative estimate of drug-likeness (QED) is 0.295. The third kappa shape index (κ3) is 7.32. The molecule has 2 N–H and O–H groups in total. The highest BCUT2D eigenvalue weighted by atomic mass is 127. The lowest BCUT2D eigenvalue weighted by Gasteiger charge is -2.11. The maximum atomic E-state index is 4.19. The second kappa shape index (κ2) is 12.2. The van der Waals surface area contributed by atoms with Crippen LogP contribution in [-0.2, 0) is 13.1 Å². The topological polar surface area (TPSA) is 67.1 Å². The Morgan fingerprint density at radius 2 is 2.20 bits per heavy atom. The van der Waals surface area contributed by atoms with Crippen LogP contribution in [-0.4, -0.2) is 46.3 Å². The van der Waals surface area contributed by atoms with E-state index in [1.54, 1.807) is 13.4 Å². The second-order valence-electron chi connectivity index (χ2n) is 4.09. The molecule has 0 bridgehead atoms. The lowest BCUT2D eigenvalue weighted by Crippen LogP contribution is -2.37. The third-order valence-corrected chi connectivity index (χ3v) is 3.44. The predicted octanol–water partition coefficient (Wildman–Crippen LogP) is 1.72. The van der Waals surface area contributed by atoms with Crippen molar-refractivity contribution in [1.82, 2.24) is 25.4 Å². The van der Waals surface area contributed by atoms with Crippen molar-refractivity contribution in [3.05, 3.63) is 12.2 Å². The molecule has 0 aliphatic rings. The standard InChI is InChI=1S/C12H24N6S.HI/c1-4-18-10-16-17-11(18)9-15-12(13-2)14-7-5-6-8-19-3;/h10H,4-9H2,1-3H3,(H2,13,14,15);1H. The zero-order valence-corrected chi connectivity index (χ0v) is 15.6.